The third-order valence-electron chi connectivity index (χ3n) is 5.35. The Kier molecular flexibility index (Phi) is 3.32. The second-order valence-electron chi connectivity index (χ2n) is 6.20. The average Bonchev–Trinajstić information content (AvgIpc) is 2.99. The Morgan fingerprint density at radius 2 is 1.83 bits per heavy atom. The van der Waals surface area contributed by atoms with Gasteiger partial charge < -0.3 is 15.4 Å². The third-order valence-corrected chi connectivity index (χ3v) is 5.35. The summed E-state index contributed by atoms with van der Waals surface area (Å²) in [6.07, 6.45) is 5.91. The zero-order chi connectivity index (χ0) is 12.7. The zero-order valence-electron chi connectivity index (χ0n) is 11.2. The van der Waals surface area contributed by atoms with Crippen molar-refractivity contribution >= 4 is 5.91 Å². The fourth-order valence-electron chi connectivity index (χ4n) is 4.22. The first-order valence-corrected chi connectivity index (χ1v) is 7.28. The number of piperidine rings is 1. The Labute approximate surface area is 109 Å². The Bertz CT molecular complexity index is 324. The lowest BCUT2D eigenvalue weighted by molar-refractivity contribution is -0.140. The minimum absolute atomic E-state index is 0.114. The second kappa shape index (κ2) is 4.82. The topological polar surface area (TPSA) is 55.6 Å². The van der Waals surface area contributed by atoms with Crippen LogP contribution in [0.4, 0.5) is 0 Å². The zero-order valence-corrected chi connectivity index (χ0v) is 11.2. The number of methoxy groups -OCH3 is 1. The molecule has 2 N–H and O–H groups in total. The molecular weight excluding hydrogens is 228 g/mol. The molecule has 18 heavy (non-hydrogen) atoms. The van der Waals surface area contributed by atoms with Gasteiger partial charge in [0.2, 0.25) is 5.91 Å². The van der Waals surface area contributed by atoms with Gasteiger partial charge in [-0.1, -0.05) is 0 Å². The first-order chi connectivity index (χ1) is 8.70. The predicted octanol–water partition coefficient (Wildman–Crippen LogP) is 0.997. The van der Waals surface area contributed by atoms with Crippen LogP contribution in [0.3, 0.4) is 0 Å². The second-order valence-corrected chi connectivity index (χ2v) is 6.20. The van der Waals surface area contributed by atoms with Gasteiger partial charge in [0, 0.05) is 26.2 Å². The largest absolute Gasteiger partial charge is 0.381 e. The quantitative estimate of drug-likeness (QED) is 0.797. The number of carbonyl (C=O) groups is 1. The van der Waals surface area contributed by atoms with Gasteiger partial charge in [-0.15, -0.1) is 0 Å². The highest BCUT2D eigenvalue weighted by Crippen LogP contribution is 2.48. The van der Waals surface area contributed by atoms with Crippen molar-refractivity contribution in [2.24, 2.45) is 23.5 Å². The van der Waals surface area contributed by atoms with Crippen LogP contribution in [0.1, 0.15) is 32.1 Å². The first-order valence-electron chi connectivity index (χ1n) is 7.28. The smallest absolute Gasteiger partial charge is 0.227 e. The molecule has 0 spiro atoms. The van der Waals surface area contributed by atoms with E-state index < -0.39 is 0 Å². The number of nitrogens with zero attached hydrogens (tertiary/aromatic N) is 1. The van der Waals surface area contributed by atoms with Gasteiger partial charge >= 0.3 is 0 Å². The monoisotopic (exact) mass is 252 g/mol. The lowest BCUT2D eigenvalue weighted by atomic mass is 9.83. The van der Waals surface area contributed by atoms with Gasteiger partial charge in [-0.2, -0.15) is 0 Å². The molecule has 0 radical (unpaired) electrons. The van der Waals surface area contributed by atoms with Gasteiger partial charge in [-0.3, -0.25) is 4.79 Å². The maximum atomic E-state index is 12.6. The van der Waals surface area contributed by atoms with Crippen LogP contribution in [0.25, 0.3) is 0 Å². The number of rotatable bonds is 2. The van der Waals surface area contributed by atoms with E-state index in [-0.39, 0.29) is 12.0 Å². The van der Waals surface area contributed by atoms with Crippen molar-refractivity contribution in [1.29, 1.82) is 0 Å². The maximum absolute atomic E-state index is 12.6. The van der Waals surface area contributed by atoms with E-state index in [1.54, 1.807) is 7.11 Å². The molecule has 102 valence electrons. The van der Waals surface area contributed by atoms with Crippen molar-refractivity contribution in [3.05, 3.63) is 0 Å². The van der Waals surface area contributed by atoms with Crippen LogP contribution in [-0.4, -0.2) is 43.2 Å². The van der Waals surface area contributed by atoms with Crippen molar-refractivity contribution in [1.82, 2.24) is 4.90 Å². The molecule has 1 aliphatic heterocycles. The molecule has 0 aromatic carbocycles. The molecule has 1 amide bonds. The van der Waals surface area contributed by atoms with E-state index in [0.717, 1.165) is 25.9 Å². The van der Waals surface area contributed by atoms with E-state index in [1.165, 1.54) is 19.3 Å². The highest BCUT2D eigenvalue weighted by Gasteiger charge is 2.50. The number of nitrogens with two attached hydrogens (primary N) is 1. The van der Waals surface area contributed by atoms with Crippen molar-refractivity contribution in [3.8, 4) is 0 Å². The summed E-state index contributed by atoms with van der Waals surface area (Å²) in [5.41, 5.74) is 6.25. The number of likely N-dealkylation sites (tertiary alicyclic amines) is 1. The molecule has 4 atom stereocenters. The molecular formula is C14H24N2O2. The van der Waals surface area contributed by atoms with E-state index in [9.17, 15) is 4.79 Å². The van der Waals surface area contributed by atoms with Crippen molar-refractivity contribution in [2.75, 3.05) is 20.2 Å². The van der Waals surface area contributed by atoms with Gasteiger partial charge in [0.05, 0.1) is 12.0 Å². The Balaban J connectivity index is 1.62. The summed E-state index contributed by atoms with van der Waals surface area (Å²) in [6.45, 7) is 1.69. The van der Waals surface area contributed by atoms with Crippen molar-refractivity contribution in [2.45, 2.75) is 44.2 Å². The van der Waals surface area contributed by atoms with E-state index in [1.807, 2.05) is 4.90 Å². The third kappa shape index (κ3) is 1.95. The molecule has 3 aliphatic rings. The summed E-state index contributed by atoms with van der Waals surface area (Å²) in [7, 11) is 1.76. The standard InChI is InChI=1S/C14H24N2O2/c1-18-11-4-6-16(7-5-11)14(17)12-9-2-3-10(8-9)13(12)15/h9-13H,2-8,15H2,1H3. The molecule has 3 fully saturated rings. The summed E-state index contributed by atoms with van der Waals surface area (Å²) in [5.74, 6) is 1.62. The molecule has 1 heterocycles. The molecule has 4 nitrogen and oxygen atoms in total. The minimum Gasteiger partial charge on any atom is -0.381 e. The van der Waals surface area contributed by atoms with E-state index in [4.69, 9.17) is 10.5 Å². The SMILES string of the molecule is COC1CCN(C(=O)C2C3CCC(C3)C2N)CC1. The number of amides is 1. The molecule has 4 heteroatoms. The number of hydrogen-bond acceptors (Lipinski definition) is 3. The van der Waals surface area contributed by atoms with Crippen molar-refractivity contribution in [3.63, 3.8) is 0 Å². The average molecular weight is 252 g/mol. The van der Waals surface area contributed by atoms with Crippen molar-refractivity contribution < 1.29 is 9.53 Å². The van der Waals surface area contributed by atoms with E-state index in [0.29, 0.717) is 23.8 Å². The number of ether oxygens (including phenoxy) is 1. The summed E-state index contributed by atoms with van der Waals surface area (Å²) >= 11 is 0. The summed E-state index contributed by atoms with van der Waals surface area (Å²) < 4.78 is 5.35. The molecule has 2 bridgehead atoms. The Morgan fingerprint density at radius 3 is 2.39 bits per heavy atom. The normalized spacial score (nSPS) is 40.4. The molecule has 0 aromatic heterocycles. The fraction of sp³-hybridized carbons (Fsp3) is 0.929. The van der Waals surface area contributed by atoms with Crippen LogP contribution in [-0.2, 0) is 9.53 Å². The van der Waals surface area contributed by atoms with Gasteiger partial charge in [0.15, 0.2) is 0 Å². The Morgan fingerprint density at radius 1 is 1.17 bits per heavy atom. The van der Waals surface area contributed by atoms with Gasteiger partial charge in [-0.05, 0) is 43.9 Å². The van der Waals surface area contributed by atoms with Crippen LogP contribution in [0, 0.1) is 17.8 Å². The maximum Gasteiger partial charge on any atom is 0.227 e. The summed E-state index contributed by atoms with van der Waals surface area (Å²) in [6, 6.07) is 0.122. The molecule has 1 saturated heterocycles. The minimum atomic E-state index is 0.114. The van der Waals surface area contributed by atoms with Crippen LogP contribution in [0.5, 0.6) is 0 Å². The van der Waals surface area contributed by atoms with E-state index in [2.05, 4.69) is 0 Å². The molecule has 3 rings (SSSR count). The number of carbonyl (C=O) groups excluding carboxylic acids is 1. The van der Waals surface area contributed by atoms with Crippen LogP contribution < -0.4 is 5.73 Å². The van der Waals surface area contributed by atoms with Gasteiger partial charge in [0.25, 0.3) is 0 Å². The summed E-state index contributed by atoms with van der Waals surface area (Å²) in [5, 5.41) is 0. The molecule has 4 unspecified atom stereocenters. The lowest BCUT2D eigenvalue weighted by Gasteiger charge is -2.36. The van der Waals surface area contributed by atoms with Crippen LogP contribution in [0.2, 0.25) is 0 Å². The Hall–Kier alpha value is -0.610. The highest BCUT2D eigenvalue weighted by molar-refractivity contribution is 5.80. The first kappa shape index (κ1) is 12.4. The fourth-order valence-corrected chi connectivity index (χ4v) is 4.22. The summed E-state index contributed by atoms with van der Waals surface area (Å²) in [4.78, 5) is 14.6. The van der Waals surface area contributed by atoms with Crippen LogP contribution in [0.15, 0.2) is 0 Å². The lowest BCUT2D eigenvalue weighted by Crippen LogP contribution is -2.50. The molecule has 2 saturated carbocycles. The highest BCUT2D eigenvalue weighted by atomic mass is 16.5. The molecule has 0 aromatic rings. The van der Waals surface area contributed by atoms with Gasteiger partial charge in [0.1, 0.15) is 0 Å². The number of fused-ring (bicyclic) bond motifs is 2. The van der Waals surface area contributed by atoms with Gasteiger partial charge in [-0.25, -0.2) is 0 Å². The number of hydrogen-bond donors (Lipinski definition) is 1. The molecule has 2 aliphatic carbocycles. The van der Waals surface area contributed by atoms with Crippen LogP contribution >= 0.6 is 0 Å². The predicted molar refractivity (Wildman–Crippen MR) is 68.9 cm³/mol. The van der Waals surface area contributed by atoms with E-state index >= 15 is 0 Å².